The lowest BCUT2D eigenvalue weighted by Gasteiger charge is -2.16. The number of hydrogen-bond donors (Lipinski definition) is 1. The van der Waals surface area contributed by atoms with E-state index in [-0.39, 0.29) is 16.8 Å². The van der Waals surface area contributed by atoms with Gasteiger partial charge >= 0.3 is 5.97 Å². The minimum atomic E-state index is -0.636. The minimum absolute atomic E-state index is 0.241. The van der Waals surface area contributed by atoms with Crippen LogP contribution in [-0.4, -0.2) is 21.2 Å². The van der Waals surface area contributed by atoms with Gasteiger partial charge in [0, 0.05) is 4.90 Å². The maximum Gasteiger partial charge on any atom is 0.319 e. The smallest absolute Gasteiger partial charge is 0.319 e. The lowest BCUT2D eigenvalue weighted by Crippen LogP contribution is -2.22. The van der Waals surface area contributed by atoms with E-state index >= 15 is 0 Å². The Balaban J connectivity index is 1.72. The third-order valence-electron chi connectivity index (χ3n) is 3.70. The van der Waals surface area contributed by atoms with Crippen LogP contribution in [0.15, 0.2) is 64.3 Å². The summed E-state index contributed by atoms with van der Waals surface area (Å²) in [7, 11) is 0. The Kier molecular flexibility index (Phi) is 5.19. The van der Waals surface area contributed by atoms with Crippen LogP contribution in [-0.2, 0) is 9.53 Å². The Morgan fingerprint density at radius 3 is 2.52 bits per heavy atom. The molecule has 0 aliphatic rings. The van der Waals surface area contributed by atoms with E-state index in [1.165, 1.54) is 11.8 Å². The van der Waals surface area contributed by atoms with Gasteiger partial charge in [-0.05, 0) is 38.1 Å². The number of hydrogen-bond acceptors (Lipinski definition) is 5. The van der Waals surface area contributed by atoms with Gasteiger partial charge in [0.05, 0.1) is 10.9 Å². The number of nitrogens with zero attached hydrogens (tertiary/aromatic N) is 1. The van der Waals surface area contributed by atoms with Crippen molar-refractivity contribution in [3.63, 3.8) is 0 Å². The van der Waals surface area contributed by atoms with E-state index in [4.69, 9.17) is 4.74 Å². The van der Waals surface area contributed by atoms with E-state index < -0.39 is 6.10 Å². The van der Waals surface area contributed by atoms with Gasteiger partial charge < -0.3 is 9.72 Å². The number of aromatic amines is 1. The Labute approximate surface area is 149 Å². The zero-order valence-electron chi connectivity index (χ0n) is 13.9. The summed E-state index contributed by atoms with van der Waals surface area (Å²) in [6.45, 7) is 3.49. The summed E-state index contributed by atoms with van der Waals surface area (Å²) in [4.78, 5) is 32.5. The third kappa shape index (κ3) is 4.09. The number of carbonyl (C=O) groups excluding carboxylic acids is 1. The number of para-hydroxylation sites is 1. The molecule has 0 aliphatic carbocycles. The maximum atomic E-state index is 12.3. The number of esters is 1. The van der Waals surface area contributed by atoms with E-state index in [1.54, 1.807) is 32.0 Å². The first kappa shape index (κ1) is 17.2. The highest BCUT2D eigenvalue weighted by molar-refractivity contribution is 8.00. The Bertz CT molecular complexity index is 940. The Morgan fingerprint density at radius 1 is 1.08 bits per heavy atom. The van der Waals surface area contributed by atoms with Crippen LogP contribution in [0.1, 0.15) is 25.8 Å². The number of fused-ring (bicyclic) bond motifs is 1. The van der Waals surface area contributed by atoms with Gasteiger partial charge in [-0.3, -0.25) is 9.59 Å². The number of carbonyl (C=O) groups is 1. The molecule has 0 unspecified atom stereocenters. The molecule has 6 heteroatoms. The fraction of sp³-hybridized carbons (Fsp3) is 0.211. The standard InChI is InChI=1S/C19H18N2O3S/c1-12(17-20-16-11-7-6-10-15(16)18(22)21-17)24-19(23)13(2)25-14-8-4-3-5-9-14/h3-13H,1-2H3,(H,20,21,22)/t12-,13+/m0/s1. The summed E-state index contributed by atoms with van der Waals surface area (Å²) in [5.41, 5.74) is 0.339. The molecule has 3 aromatic rings. The molecule has 1 N–H and O–H groups in total. The fourth-order valence-corrected chi connectivity index (χ4v) is 3.25. The monoisotopic (exact) mass is 354 g/mol. The molecular weight excluding hydrogens is 336 g/mol. The zero-order chi connectivity index (χ0) is 17.8. The second-order valence-electron chi connectivity index (χ2n) is 5.62. The van der Waals surface area contributed by atoms with Crippen LogP contribution >= 0.6 is 11.8 Å². The molecule has 0 saturated carbocycles. The molecule has 1 heterocycles. The molecule has 5 nitrogen and oxygen atoms in total. The summed E-state index contributed by atoms with van der Waals surface area (Å²) >= 11 is 1.43. The number of thioether (sulfide) groups is 1. The van der Waals surface area contributed by atoms with Crippen molar-refractivity contribution in [2.45, 2.75) is 30.1 Å². The molecular formula is C19H18N2O3S. The van der Waals surface area contributed by atoms with Crippen LogP contribution in [0.5, 0.6) is 0 Å². The molecule has 25 heavy (non-hydrogen) atoms. The molecule has 2 aromatic carbocycles. The Hall–Kier alpha value is -2.60. The second kappa shape index (κ2) is 7.53. The van der Waals surface area contributed by atoms with Crippen molar-refractivity contribution in [2.75, 3.05) is 0 Å². The van der Waals surface area contributed by atoms with Crippen LogP contribution < -0.4 is 5.56 Å². The molecule has 0 amide bonds. The van der Waals surface area contributed by atoms with Gasteiger partial charge in [-0.25, -0.2) is 4.98 Å². The van der Waals surface area contributed by atoms with Crippen molar-refractivity contribution in [1.29, 1.82) is 0 Å². The first-order valence-electron chi connectivity index (χ1n) is 7.96. The van der Waals surface area contributed by atoms with E-state index in [0.717, 1.165) is 4.90 Å². The molecule has 128 valence electrons. The summed E-state index contributed by atoms with van der Waals surface area (Å²) in [6.07, 6.45) is -0.636. The Morgan fingerprint density at radius 2 is 1.76 bits per heavy atom. The zero-order valence-corrected chi connectivity index (χ0v) is 14.7. The number of nitrogens with one attached hydrogen (secondary N) is 1. The molecule has 0 bridgehead atoms. The molecule has 1 aromatic heterocycles. The first-order chi connectivity index (χ1) is 12.0. The van der Waals surface area contributed by atoms with Crippen LogP contribution in [0.3, 0.4) is 0 Å². The first-order valence-corrected chi connectivity index (χ1v) is 8.83. The van der Waals surface area contributed by atoms with Gasteiger partial charge in [-0.15, -0.1) is 11.8 Å². The predicted octanol–water partition coefficient (Wildman–Crippen LogP) is 3.71. The average molecular weight is 354 g/mol. The van der Waals surface area contributed by atoms with Gasteiger partial charge in [0.1, 0.15) is 5.25 Å². The molecule has 3 rings (SSSR count). The summed E-state index contributed by atoms with van der Waals surface area (Å²) in [6, 6.07) is 16.7. The SMILES string of the molecule is C[C@H](OC(=O)[C@@H](C)Sc1ccccc1)c1nc2ccccc2c(=O)[nH]1. The van der Waals surface area contributed by atoms with Crippen molar-refractivity contribution in [3.05, 3.63) is 70.8 Å². The van der Waals surface area contributed by atoms with Crippen LogP contribution in [0, 0.1) is 0 Å². The number of ether oxygens (including phenoxy) is 1. The van der Waals surface area contributed by atoms with Gasteiger partial charge in [0.25, 0.3) is 5.56 Å². The van der Waals surface area contributed by atoms with Crippen molar-refractivity contribution in [2.24, 2.45) is 0 Å². The maximum absolute atomic E-state index is 12.3. The average Bonchev–Trinajstić information content (AvgIpc) is 2.62. The van der Waals surface area contributed by atoms with Crippen LogP contribution in [0.2, 0.25) is 0 Å². The van der Waals surface area contributed by atoms with Gasteiger partial charge in [0.15, 0.2) is 11.9 Å². The topological polar surface area (TPSA) is 72.0 Å². The number of benzene rings is 2. The third-order valence-corrected chi connectivity index (χ3v) is 4.79. The molecule has 0 fully saturated rings. The minimum Gasteiger partial charge on any atom is -0.454 e. The normalized spacial score (nSPS) is 13.4. The molecule has 0 radical (unpaired) electrons. The molecule has 2 atom stereocenters. The molecule has 0 spiro atoms. The number of rotatable bonds is 5. The molecule has 0 aliphatic heterocycles. The van der Waals surface area contributed by atoms with Crippen molar-refractivity contribution < 1.29 is 9.53 Å². The summed E-state index contributed by atoms with van der Waals surface area (Å²) < 4.78 is 5.48. The highest BCUT2D eigenvalue weighted by atomic mass is 32.2. The van der Waals surface area contributed by atoms with Gasteiger partial charge in [-0.1, -0.05) is 30.3 Å². The lowest BCUT2D eigenvalue weighted by molar-refractivity contribution is -0.147. The van der Waals surface area contributed by atoms with E-state index in [9.17, 15) is 9.59 Å². The highest BCUT2D eigenvalue weighted by Crippen LogP contribution is 2.25. The predicted molar refractivity (Wildman–Crippen MR) is 98.6 cm³/mol. The fourth-order valence-electron chi connectivity index (χ4n) is 2.37. The number of H-pyrrole nitrogens is 1. The number of aromatic nitrogens is 2. The van der Waals surface area contributed by atoms with E-state index in [2.05, 4.69) is 9.97 Å². The molecule has 0 saturated heterocycles. The van der Waals surface area contributed by atoms with Crippen LogP contribution in [0.25, 0.3) is 10.9 Å². The summed E-state index contributed by atoms with van der Waals surface area (Å²) in [5.74, 6) is -0.00822. The van der Waals surface area contributed by atoms with Crippen molar-refractivity contribution >= 4 is 28.6 Å². The van der Waals surface area contributed by atoms with E-state index in [0.29, 0.717) is 16.7 Å². The van der Waals surface area contributed by atoms with Crippen molar-refractivity contribution in [1.82, 2.24) is 9.97 Å². The largest absolute Gasteiger partial charge is 0.454 e. The van der Waals surface area contributed by atoms with E-state index in [1.807, 2.05) is 36.4 Å². The second-order valence-corrected chi connectivity index (χ2v) is 7.03. The quantitative estimate of drug-likeness (QED) is 0.559. The van der Waals surface area contributed by atoms with Crippen molar-refractivity contribution in [3.8, 4) is 0 Å². The van der Waals surface area contributed by atoms with Gasteiger partial charge in [0.2, 0.25) is 0 Å². The van der Waals surface area contributed by atoms with Crippen LogP contribution in [0.4, 0.5) is 0 Å². The van der Waals surface area contributed by atoms with Gasteiger partial charge in [-0.2, -0.15) is 0 Å². The highest BCUT2D eigenvalue weighted by Gasteiger charge is 2.21. The lowest BCUT2D eigenvalue weighted by atomic mass is 10.2. The summed E-state index contributed by atoms with van der Waals surface area (Å²) in [5, 5.41) is 0.148.